The van der Waals surface area contributed by atoms with Gasteiger partial charge in [0.05, 0.1) is 6.07 Å². The van der Waals surface area contributed by atoms with E-state index in [1.165, 1.54) is 25.7 Å². The van der Waals surface area contributed by atoms with Gasteiger partial charge in [0.1, 0.15) is 5.60 Å². The fourth-order valence-electron chi connectivity index (χ4n) is 3.66. The van der Waals surface area contributed by atoms with Crippen LogP contribution in [0.15, 0.2) is 30.3 Å². The Morgan fingerprint density at radius 1 is 1.15 bits per heavy atom. The van der Waals surface area contributed by atoms with E-state index in [9.17, 15) is 5.11 Å². The maximum absolute atomic E-state index is 10.6. The monoisotopic (exact) mass is 270 g/mol. The number of nitrogens with zero attached hydrogens (tertiary/aromatic N) is 2. The highest BCUT2D eigenvalue weighted by Gasteiger charge is 2.45. The Hall–Kier alpha value is -1.37. The molecule has 0 spiro atoms. The van der Waals surface area contributed by atoms with Crippen LogP contribution in [0.25, 0.3) is 0 Å². The fourth-order valence-corrected chi connectivity index (χ4v) is 3.66. The number of β-amino-alcohol motifs (C(OH)–C–C–N with tert-alkyl or cyclic N) is 1. The Kier molecular flexibility index (Phi) is 3.78. The highest BCUT2D eigenvalue weighted by Crippen LogP contribution is 2.38. The molecule has 1 saturated heterocycles. The highest BCUT2D eigenvalue weighted by atomic mass is 16.3. The molecule has 1 aromatic rings. The lowest BCUT2D eigenvalue weighted by molar-refractivity contribution is -0.127. The van der Waals surface area contributed by atoms with Crippen molar-refractivity contribution in [2.24, 2.45) is 5.92 Å². The number of hydrogen-bond acceptors (Lipinski definition) is 3. The normalized spacial score (nSPS) is 29.4. The molecule has 1 aliphatic carbocycles. The molecule has 1 N–H and O–H groups in total. The Balaban J connectivity index is 1.53. The Bertz CT molecular complexity index is 479. The summed E-state index contributed by atoms with van der Waals surface area (Å²) in [5.41, 5.74) is 0.388. The Morgan fingerprint density at radius 2 is 1.80 bits per heavy atom. The number of benzene rings is 1. The molecule has 0 radical (unpaired) electrons. The van der Waals surface area contributed by atoms with Gasteiger partial charge in [-0.25, -0.2) is 0 Å². The van der Waals surface area contributed by atoms with Crippen molar-refractivity contribution in [3.8, 4) is 6.07 Å². The number of hydrogen-bond donors (Lipinski definition) is 1. The lowest BCUT2D eigenvalue weighted by atomic mass is 9.79. The molecule has 1 aliphatic heterocycles. The van der Waals surface area contributed by atoms with E-state index in [0.717, 1.165) is 18.7 Å². The van der Waals surface area contributed by atoms with Crippen LogP contribution in [0.1, 0.15) is 37.7 Å². The summed E-state index contributed by atoms with van der Waals surface area (Å²) in [7, 11) is 0. The molecular formula is C17H22N2O. The van der Waals surface area contributed by atoms with Crippen molar-refractivity contribution in [2.45, 2.75) is 43.7 Å². The third-order valence-electron chi connectivity index (χ3n) is 4.95. The van der Waals surface area contributed by atoms with E-state index in [-0.39, 0.29) is 0 Å². The summed E-state index contributed by atoms with van der Waals surface area (Å²) < 4.78 is 0. The van der Waals surface area contributed by atoms with Crippen molar-refractivity contribution < 1.29 is 5.11 Å². The number of nitriles is 1. The maximum Gasteiger partial charge on any atom is 0.115 e. The van der Waals surface area contributed by atoms with Crippen molar-refractivity contribution in [3.63, 3.8) is 0 Å². The second-order valence-corrected chi connectivity index (χ2v) is 6.34. The van der Waals surface area contributed by atoms with Crippen molar-refractivity contribution in [1.29, 1.82) is 5.26 Å². The van der Waals surface area contributed by atoms with Gasteiger partial charge in [-0.05, 0) is 37.2 Å². The number of likely N-dealkylation sites (tertiary alicyclic amines) is 1. The van der Waals surface area contributed by atoms with Gasteiger partial charge < -0.3 is 5.11 Å². The molecule has 2 fully saturated rings. The van der Waals surface area contributed by atoms with Crippen molar-refractivity contribution >= 4 is 0 Å². The van der Waals surface area contributed by atoms with Crippen LogP contribution in [0.5, 0.6) is 0 Å². The Morgan fingerprint density at radius 3 is 2.40 bits per heavy atom. The summed E-state index contributed by atoms with van der Waals surface area (Å²) in [6, 6.07) is 12.9. The predicted molar refractivity (Wildman–Crippen MR) is 77.9 cm³/mol. The van der Waals surface area contributed by atoms with Gasteiger partial charge in [-0.3, -0.25) is 4.90 Å². The van der Waals surface area contributed by atoms with E-state index in [1.807, 2.05) is 30.3 Å². The van der Waals surface area contributed by atoms with Gasteiger partial charge in [-0.1, -0.05) is 30.3 Å². The van der Waals surface area contributed by atoms with Crippen LogP contribution in [-0.4, -0.2) is 29.1 Å². The van der Waals surface area contributed by atoms with Gasteiger partial charge in [0.15, 0.2) is 0 Å². The van der Waals surface area contributed by atoms with E-state index in [2.05, 4.69) is 11.0 Å². The maximum atomic E-state index is 10.6. The Labute approximate surface area is 120 Å². The quantitative estimate of drug-likeness (QED) is 0.918. The molecule has 3 nitrogen and oxygen atoms in total. The standard InChI is InChI=1S/C17H22N2O/c18-11-10-14-6-8-16(9-7-14)19-12-17(20,13-19)15-4-2-1-3-5-15/h1-5,14,16,20H,6-10,12-13H2. The van der Waals surface area contributed by atoms with Crippen molar-refractivity contribution in [2.75, 3.05) is 13.1 Å². The van der Waals surface area contributed by atoms with E-state index >= 15 is 0 Å². The first-order chi connectivity index (χ1) is 9.71. The molecule has 20 heavy (non-hydrogen) atoms. The van der Waals surface area contributed by atoms with Crippen LogP contribution in [0.3, 0.4) is 0 Å². The van der Waals surface area contributed by atoms with Gasteiger partial charge in [-0.15, -0.1) is 0 Å². The van der Waals surface area contributed by atoms with Gasteiger partial charge in [0, 0.05) is 25.6 Å². The topological polar surface area (TPSA) is 47.3 Å². The molecule has 0 amide bonds. The summed E-state index contributed by atoms with van der Waals surface area (Å²) in [4.78, 5) is 2.41. The zero-order valence-corrected chi connectivity index (χ0v) is 11.8. The second kappa shape index (κ2) is 5.55. The molecule has 0 atom stereocenters. The second-order valence-electron chi connectivity index (χ2n) is 6.34. The molecule has 1 saturated carbocycles. The molecule has 0 unspecified atom stereocenters. The molecule has 1 heterocycles. The van der Waals surface area contributed by atoms with Gasteiger partial charge in [0.2, 0.25) is 0 Å². The third-order valence-corrected chi connectivity index (χ3v) is 4.95. The zero-order valence-electron chi connectivity index (χ0n) is 11.8. The van der Waals surface area contributed by atoms with Crippen LogP contribution in [-0.2, 0) is 5.60 Å². The van der Waals surface area contributed by atoms with Crippen LogP contribution < -0.4 is 0 Å². The summed E-state index contributed by atoms with van der Waals surface area (Å²) in [6.07, 6.45) is 5.39. The van der Waals surface area contributed by atoms with E-state index < -0.39 is 5.60 Å². The smallest absolute Gasteiger partial charge is 0.115 e. The summed E-state index contributed by atoms with van der Waals surface area (Å²) >= 11 is 0. The molecule has 106 valence electrons. The highest BCUT2D eigenvalue weighted by molar-refractivity contribution is 5.26. The van der Waals surface area contributed by atoms with Crippen LogP contribution in [0.2, 0.25) is 0 Å². The lowest BCUT2D eigenvalue weighted by Crippen LogP contribution is -2.62. The third kappa shape index (κ3) is 2.59. The number of rotatable bonds is 3. The first-order valence-corrected chi connectivity index (χ1v) is 7.60. The van der Waals surface area contributed by atoms with Crippen LogP contribution in [0, 0.1) is 17.2 Å². The molecule has 1 aromatic carbocycles. The number of aliphatic hydroxyl groups is 1. The first kappa shape index (κ1) is 13.6. The van der Waals surface area contributed by atoms with Crippen molar-refractivity contribution in [1.82, 2.24) is 4.90 Å². The van der Waals surface area contributed by atoms with E-state index in [4.69, 9.17) is 5.26 Å². The van der Waals surface area contributed by atoms with E-state index in [1.54, 1.807) is 0 Å². The van der Waals surface area contributed by atoms with E-state index in [0.29, 0.717) is 18.4 Å². The van der Waals surface area contributed by atoms with Crippen molar-refractivity contribution in [3.05, 3.63) is 35.9 Å². The van der Waals surface area contributed by atoms with Crippen LogP contribution in [0.4, 0.5) is 0 Å². The average molecular weight is 270 g/mol. The molecule has 3 rings (SSSR count). The van der Waals surface area contributed by atoms with Gasteiger partial charge in [-0.2, -0.15) is 5.26 Å². The molecule has 0 bridgehead atoms. The molecule has 3 heteroatoms. The summed E-state index contributed by atoms with van der Waals surface area (Å²) in [6.45, 7) is 1.51. The first-order valence-electron chi connectivity index (χ1n) is 7.60. The SMILES string of the molecule is N#CCC1CCC(N2CC(O)(c3ccccc3)C2)CC1. The minimum absolute atomic E-state index is 0.602. The summed E-state index contributed by atoms with van der Waals surface area (Å²) in [5, 5.41) is 19.4. The molecule has 0 aromatic heterocycles. The lowest BCUT2D eigenvalue weighted by Gasteiger charge is -2.51. The fraction of sp³-hybridized carbons (Fsp3) is 0.588. The summed E-state index contributed by atoms with van der Waals surface area (Å²) in [5.74, 6) is 0.602. The van der Waals surface area contributed by atoms with Crippen LogP contribution >= 0.6 is 0 Å². The average Bonchev–Trinajstić information content (AvgIpc) is 2.46. The largest absolute Gasteiger partial charge is 0.382 e. The minimum Gasteiger partial charge on any atom is -0.382 e. The minimum atomic E-state index is -0.648. The van der Waals surface area contributed by atoms with Gasteiger partial charge in [0.25, 0.3) is 0 Å². The zero-order chi connectivity index (χ0) is 14.0. The molecule has 2 aliphatic rings. The molecular weight excluding hydrogens is 248 g/mol. The predicted octanol–water partition coefficient (Wildman–Crippen LogP) is 2.66. The van der Waals surface area contributed by atoms with Gasteiger partial charge >= 0.3 is 0 Å².